The van der Waals surface area contributed by atoms with E-state index >= 15 is 0 Å². The number of hydrogen-bond donors (Lipinski definition) is 0. The van der Waals surface area contributed by atoms with Gasteiger partial charge in [0.05, 0.1) is 0 Å². The van der Waals surface area contributed by atoms with Gasteiger partial charge in [-0.1, -0.05) is 0 Å². The van der Waals surface area contributed by atoms with Gasteiger partial charge < -0.3 is 9.47 Å². The Kier molecular flexibility index (Phi) is 4.69. The molecule has 4 rings (SSSR count). The molecule has 1 aromatic carbocycles. The molecule has 2 fully saturated rings. The zero-order valence-corrected chi connectivity index (χ0v) is 16.4. The van der Waals surface area contributed by atoms with E-state index < -0.39 is 10.0 Å². The predicted molar refractivity (Wildman–Crippen MR) is 101 cm³/mol. The van der Waals surface area contributed by atoms with Gasteiger partial charge in [0, 0.05) is 64.2 Å². The molecule has 2 aliphatic heterocycles. The molecule has 0 atom stereocenters. The molecule has 0 unspecified atom stereocenters. The first kappa shape index (κ1) is 18.4. The van der Waals surface area contributed by atoms with Crippen LogP contribution in [0.25, 0.3) is 0 Å². The number of rotatable bonds is 4. The summed E-state index contributed by atoms with van der Waals surface area (Å²) in [6.07, 6.45) is 1.57. The Bertz CT molecular complexity index is 894. The lowest BCUT2D eigenvalue weighted by Gasteiger charge is -2.47. The fourth-order valence-corrected chi connectivity index (χ4v) is 5.16. The molecule has 0 bridgehead atoms. The second kappa shape index (κ2) is 6.88. The van der Waals surface area contributed by atoms with Gasteiger partial charge in [0.1, 0.15) is 11.6 Å². The summed E-state index contributed by atoms with van der Waals surface area (Å²) in [5.41, 5.74) is 1.03. The van der Waals surface area contributed by atoms with Crippen molar-refractivity contribution in [3.63, 3.8) is 0 Å². The molecule has 2 aromatic rings. The van der Waals surface area contributed by atoms with E-state index in [0.29, 0.717) is 18.9 Å². The summed E-state index contributed by atoms with van der Waals surface area (Å²) in [5, 5.41) is 0.127. The monoisotopic (exact) mass is 393 g/mol. The number of hydrogen-bond acceptors (Lipinski definition) is 5. The highest BCUT2D eigenvalue weighted by Crippen LogP contribution is 2.25. The Morgan fingerprint density at radius 1 is 1.07 bits per heavy atom. The molecule has 27 heavy (non-hydrogen) atoms. The number of anilines is 1. The third-order valence-corrected chi connectivity index (χ3v) is 7.25. The molecule has 146 valence electrons. The highest BCUT2D eigenvalue weighted by molar-refractivity contribution is 7.89. The summed E-state index contributed by atoms with van der Waals surface area (Å²) < 4.78 is 41.6. The molecule has 0 saturated carbocycles. The van der Waals surface area contributed by atoms with Gasteiger partial charge in [-0.3, -0.25) is 4.90 Å². The van der Waals surface area contributed by atoms with Crippen LogP contribution in [0.4, 0.5) is 10.1 Å². The van der Waals surface area contributed by atoms with Gasteiger partial charge in [0.15, 0.2) is 5.03 Å². The van der Waals surface area contributed by atoms with Crippen molar-refractivity contribution < 1.29 is 12.8 Å². The number of halogens is 1. The molecule has 2 aliphatic rings. The third-order valence-electron chi connectivity index (χ3n) is 5.54. The predicted octanol–water partition coefficient (Wildman–Crippen LogP) is 1.06. The average Bonchev–Trinajstić information content (AvgIpc) is 2.95. The van der Waals surface area contributed by atoms with E-state index in [-0.39, 0.29) is 16.9 Å². The van der Waals surface area contributed by atoms with E-state index in [9.17, 15) is 12.8 Å². The summed E-state index contributed by atoms with van der Waals surface area (Å²) in [4.78, 5) is 8.74. The first-order valence-electron chi connectivity index (χ1n) is 9.09. The lowest BCUT2D eigenvalue weighted by atomic mass is 10.1. The normalized spacial score (nSPS) is 20.0. The molecule has 0 radical (unpaired) electrons. The second-order valence-corrected chi connectivity index (χ2v) is 9.10. The average molecular weight is 393 g/mol. The highest BCUT2D eigenvalue weighted by atomic mass is 32.2. The Labute approximate surface area is 159 Å². The first-order chi connectivity index (χ1) is 12.8. The maximum absolute atomic E-state index is 13.1. The van der Waals surface area contributed by atoms with Crippen LogP contribution < -0.4 is 4.90 Å². The number of piperazine rings is 1. The van der Waals surface area contributed by atoms with Crippen LogP contribution >= 0.6 is 0 Å². The smallest absolute Gasteiger partial charge is 0.262 e. The number of benzene rings is 1. The van der Waals surface area contributed by atoms with E-state index in [1.807, 2.05) is 0 Å². The van der Waals surface area contributed by atoms with Gasteiger partial charge in [0.25, 0.3) is 10.0 Å². The van der Waals surface area contributed by atoms with Crippen molar-refractivity contribution in [2.24, 2.45) is 7.05 Å². The van der Waals surface area contributed by atoms with Gasteiger partial charge in [-0.15, -0.1) is 0 Å². The zero-order chi connectivity index (χ0) is 19.2. The molecular weight excluding hydrogens is 369 g/mol. The summed E-state index contributed by atoms with van der Waals surface area (Å²) in [6, 6.07) is 6.82. The molecule has 1 aromatic heterocycles. The number of imidazole rings is 1. The molecule has 3 heterocycles. The fraction of sp³-hybridized carbons (Fsp3) is 0.500. The molecule has 0 spiro atoms. The largest absolute Gasteiger partial charge is 0.369 e. The van der Waals surface area contributed by atoms with Crippen LogP contribution in [-0.4, -0.2) is 72.5 Å². The number of nitrogens with zero attached hydrogens (tertiary/aromatic N) is 5. The van der Waals surface area contributed by atoms with E-state index in [1.54, 1.807) is 36.9 Å². The molecule has 0 amide bonds. The van der Waals surface area contributed by atoms with Crippen LogP contribution in [0, 0.1) is 12.7 Å². The van der Waals surface area contributed by atoms with Crippen LogP contribution in [0.5, 0.6) is 0 Å². The summed E-state index contributed by atoms with van der Waals surface area (Å²) >= 11 is 0. The minimum Gasteiger partial charge on any atom is -0.369 e. The Balaban J connectivity index is 1.32. The zero-order valence-electron chi connectivity index (χ0n) is 15.5. The van der Waals surface area contributed by atoms with Gasteiger partial charge in [0.2, 0.25) is 0 Å². The first-order valence-corrected chi connectivity index (χ1v) is 10.5. The molecule has 7 nitrogen and oxygen atoms in total. The van der Waals surface area contributed by atoms with Crippen molar-refractivity contribution >= 4 is 15.7 Å². The molecule has 0 aliphatic carbocycles. The van der Waals surface area contributed by atoms with Gasteiger partial charge in [-0.05, 0) is 31.2 Å². The Hall–Kier alpha value is -1.97. The van der Waals surface area contributed by atoms with Crippen molar-refractivity contribution in [2.45, 2.75) is 18.0 Å². The third kappa shape index (κ3) is 3.46. The van der Waals surface area contributed by atoms with Gasteiger partial charge >= 0.3 is 0 Å². The number of aromatic nitrogens is 2. The quantitative estimate of drug-likeness (QED) is 0.778. The van der Waals surface area contributed by atoms with Crippen molar-refractivity contribution in [1.82, 2.24) is 18.8 Å². The minimum atomic E-state index is -3.50. The van der Waals surface area contributed by atoms with E-state index in [0.717, 1.165) is 31.9 Å². The fourth-order valence-electron chi connectivity index (χ4n) is 3.62. The summed E-state index contributed by atoms with van der Waals surface area (Å²) in [7, 11) is -1.71. The van der Waals surface area contributed by atoms with Crippen molar-refractivity contribution in [3.05, 3.63) is 42.1 Å². The topological polar surface area (TPSA) is 61.7 Å². The molecule has 0 N–H and O–H groups in total. The van der Waals surface area contributed by atoms with Crippen molar-refractivity contribution in [3.8, 4) is 0 Å². The van der Waals surface area contributed by atoms with Crippen LogP contribution in [0.3, 0.4) is 0 Å². The lowest BCUT2D eigenvalue weighted by molar-refractivity contribution is 0.0827. The molecular formula is C18H24FN5O2S. The van der Waals surface area contributed by atoms with Crippen molar-refractivity contribution in [1.29, 1.82) is 0 Å². The Morgan fingerprint density at radius 3 is 2.26 bits per heavy atom. The second-order valence-electron chi connectivity index (χ2n) is 7.21. The minimum absolute atomic E-state index is 0.127. The van der Waals surface area contributed by atoms with Crippen molar-refractivity contribution in [2.75, 3.05) is 44.2 Å². The Morgan fingerprint density at radius 2 is 1.70 bits per heavy atom. The molecule has 9 heteroatoms. The van der Waals surface area contributed by atoms with Crippen LogP contribution in [0.2, 0.25) is 0 Å². The number of aryl methyl sites for hydroxylation is 2. The maximum Gasteiger partial charge on any atom is 0.262 e. The van der Waals surface area contributed by atoms with E-state index in [1.165, 1.54) is 16.4 Å². The van der Waals surface area contributed by atoms with Crippen LogP contribution in [0.1, 0.15) is 5.82 Å². The van der Waals surface area contributed by atoms with Gasteiger partial charge in [-0.25, -0.2) is 17.8 Å². The van der Waals surface area contributed by atoms with E-state index in [2.05, 4.69) is 14.8 Å². The molecule has 2 saturated heterocycles. The summed E-state index contributed by atoms with van der Waals surface area (Å²) in [6.45, 7) is 6.27. The summed E-state index contributed by atoms with van der Waals surface area (Å²) in [5.74, 6) is 0.457. The number of sulfonamides is 1. The standard InChI is InChI=1S/C18H24FN5O2S/c1-14-20-18(13-21(14)2)27(25,26)24-11-17(12-24)23-9-7-22(8-10-23)16-5-3-15(19)4-6-16/h3-6,13,17H,7-12H2,1-2H3. The maximum atomic E-state index is 13.1. The van der Waals surface area contributed by atoms with Crippen LogP contribution in [0.15, 0.2) is 35.5 Å². The van der Waals surface area contributed by atoms with E-state index in [4.69, 9.17) is 0 Å². The van der Waals surface area contributed by atoms with Crippen LogP contribution in [-0.2, 0) is 17.1 Å². The highest BCUT2D eigenvalue weighted by Gasteiger charge is 2.41. The lowest BCUT2D eigenvalue weighted by Crippen LogP contribution is -2.64. The van der Waals surface area contributed by atoms with Gasteiger partial charge in [-0.2, -0.15) is 4.31 Å². The SMILES string of the molecule is Cc1nc(S(=O)(=O)N2CC(N3CCN(c4ccc(F)cc4)CC3)C2)cn1C.